The average Bonchev–Trinajstić information content (AvgIpc) is 2.78. The average molecular weight is 230 g/mol. The Bertz CT molecular complexity index is 450. The maximum absolute atomic E-state index is 5.71. The molecule has 0 unspecified atom stereocenters. The Balaban J connectivity index is 2.00. The third-order valence-electron chi connectivity index (χ3n) is 2.66. The Morgan fingerprint density at radius 1 is 1.06 bits per heavy atom. The van der Waals surface area contributed by atoms with Crippen LogP contribution in [0.4, 0.5) is 5.69 Å². The summed E-state index contributed by atoms with van der Waals surface area (Å²) >= 11 is 0. The van der Waals surface area contributed by atoms with Crippen molar-refractivity contribution in [2.24, 2.45) is 0 Å². The van der Waals surface area contributed by atoms with E-state index in [0.717, 1.165) is 24.6 Å². The highest BCUT2D eigenvalue weighted by Gasteiger charge is 2.05. The van der Waals surface area contributed by atoms with Crippen molar-refractivity contribution in [1.29, 1.82) is 0 Å². The predicted octanol–water partition coefficient (Wildman–Crippen LogP) is 2.64. The molecule has 17 heavy (non-hydrogen) atoms. The number of benzene rings is 1. The third-order valence-corrected chi connectivity index (χ3v) is 2.66. The first kappa shape index (κ1) is 11.7. The third kappa shape index (κ3) is 3.11. The van der Waals surface area contributed by atoms with E-state index in [4.69, 9.17) is 4.42 Å². The van der Waals surface area contributed by atoms with Crippen LogP contribution < -0.4 is 10.2 Å². The van der Waals surface area contributed by atoms with Crippen LogP contribution in [0.3, 0.4) is 0 Å². The number of anilines is 1. The summed E-state index contributed by atoms with van der Waals surface area (Å²) in [6.45, 7) is 1.56. The van der Waals surface area contributed by atoms with E-state index in [1.807, 2.05) is 37.4 Å². The van der Waals surface area contributed by atoms with Crippen molar-refractivity contribution in [2.45, 2.75) is 13.1 Å². The molecule has 0 fully saturated rings. The smallest absolute Gasteiger partial charge is 0.123 e. The molecule has 0 radical (unpaired) electrons. The molecule has 3 heteroatoms. The van der Waals surface area contributed by atoms with E-state index in [1.165, 1.54) is 5.69 Å². The molecule has 90 valence electrons. The Hall–Kier alpha value is -1.74. The van der Waals surface area contributed by atoms with Crippen LogP contribution in [-0.2, 0) is 13.1 Å². The lowest BCUT2D eigenvalue weighted by atomic mass is 10.3. The van der Waals surface area contributed by atoms with Gasteiger partial charge in [0.2, 0.25) is 0 Å². The fourth-order valence-corrected chi connectivity index (χ4v) is 1.78. The van der Waals surface area contributed by atoms with Crippen LogP contribution in [0.25, 0.3) is 0 Å². The lowest BCUT2D eigenvalue weighted by molar-refractivity contribution is 0.453. The summed E-state index contributed by atoms with van der Waals surface area (Å²) in [6.07, 6.45) is 0. The van der Waals surface area contributed by atoms with Crippen molar-refractivity contribution in [3.63, 3.8) is 0 Å². The number of rotatable bonds is 5. The van der Waals surface area contributed by atoms with Gasteiger partial charge in [0.25, 0.3) is 0 Å². The first-order chi connectivity index (χ1) is 8.29. The molecule has 3 nitrogen and oxygen atoms in total. The maximum Gasteiger partial charge on any atom is 0.123 e. The zero-order valence-electron chi connectivity index (χ0n) is 10.3. The van der Waals surface area contributed by atoms with Crippen LogP contribution in [0.2, 0.25) is 0 Å². The summed E-state index contributed by atoms with van der Waals surface area (Å²) in [5.74, 6) is 1.96. The van der Waals surface area contributed by atoms with Crippen LogP contribution in [0, 0.1) is 0 Å². The topological polar surface area (TPSA) is 28.4 Å². The first-order valence-corrected chi connectivity index (χ1v) is 5.78. The molecular formula is C14H18N2O. The number of hydrogen-bond donors (Lipinski definition) is 1. The minimum absolute atomic E-state index is 0.773. The minimum Gasteiger partial charge on any atom is -0.463 e. The van der Waals surface area contributed by atoms with Crippen LogP contribution >= 0.6 is 0 Å². The molecule has 1 N–H and O–H groups in total. The molecular weight excluding hydrogens is 212 g/mol. The molecule has 0 bridgehead atoms. The van der Waals surface area contributed by atoms with Crippen molar-refractivity contribution in [3.8, 4) is 0 Å². The molecule has 0 aliphatic heterocycles. The van der Waals surface area contributed by atoms with Gasteiger partial charge in [-0.3, -0.25) is 0 Å². The molecule has 0 spiro atoms. The SMILES string of the molecule is CNCc1ccc(CN(C)c2ccccc2)o1. The lowest BCUT2D eigenvalue weighted by Gasteiger charge is -2.17. The number of para-hydroxylation sites is 1. The lowest BCUT2D eigenvalue weighted by Crippen LogP contribution is -2.15. The van der Waals surface area contributed by atoms with Crippen molar-refractivity contribution in [3.05, 3.63) is 54.0 Å². The zero-order valence-corrected chi connectivity index (χ0v) is 10.3. The van der Waals surface area contributed by atoms with E-state index in [2.05, 4.69) is 29.4 Å². The second-order valence-corrected chi connectivity index (χ2v) is 4.09. The molecule has 0 saturated heterocycles. The van der Waals surface area contributed by atoms with Crippen LogP contribution in [-0.4, -0.2) is 14.1 Å². The van der Waals surface area contributed by atoms with Gasteiger partial charge < -0.3 is 14.6 Å². The molecule has 1 aromatic carbocycles. The van der Waals surface area contributed by atoms with Crippen LogP contribution in [0.1, 0.15) is 11.5 Å². The Kier molecular flexibility index (Phi) is 3.83. The van der Waals surface area contributed by atoms with Gasteiger partial charge in [0.05, 0.1) is 13.1 Å². The van der Waals surface area contributed by atoms with Gasteiger partial charge >= 0.3 is 0 Å². The summed E-state index contributed by atoms with van der Waals surface area (Å²) in [5.41, 5.74) is 1.19. The first-order valence-electron chi connectivity index (χ1n) is 5.78. The highest BCUT2D eigenvalue weighted by Crippen LogP contribution is 2.16. The largest absolute Gasteiger partial charge is 0.463 e. The van der Waals surface area contributed by atoms with Crippen LogP contribution in [0.15, 0.2) is 46.9 Å². The highest BCUT2D eigenvalue weighted by molar-refractivity contribution is 5.45. The van der Waals surface area contributed by atoms with E-state index in [-0.39, 0.29) is 0 Å². The molecule has 0 atom stereocenters. The molecule has 0 amide bonds. The van der Waals surface area contributed by atoms with E-state index >= 15 is 0 Å². The summed E-state index contributed by atoms with van der Waals surface area (Å²) in [7, 11) is 3.98. The molecule has 1 aromatic heterocycles. The van der Waals surface area contributed by atoms with Gasteiger partial charge in [-0.25, -0.2) is 0 Å². The van der Waals surface area contributed by atoms with Crippen molar-refractivity contribution < 1.29 is 4.42 Å². The molecule has 0 saturated carbocycles. The van der Waals surface area contributed by atoms with Gasteiger partial charge in [0.1, 0.15) is 11.5 Å². The van der Waals surface area contributed by atoms with Gasteiger partial charge in [0.15, 0.2) is 0 Å². The van der Waals surface area contributed by atoms with Gasteiger partial charge in [-0.1, -0.05) is 18.2 Å². The van der Waals surface area contributed by atoms with E-state index < -0.39 is 0 Å². The van der Waals surface area contributed by atoms with Crippen molar-refractivity contribution >= 4 is 5.69 Å². The number of nitrogens with zero attached hydrogens (tertiary/aromatic N) is 1. The van der Waals surface area contributed by atoms with Crippen molar-refractivity contribution in [1.82, 2.24) is 5.32 Å². The summed E-state index contributed by atoms with van der Waals surface area (Å²) < 4.78 is 5.71. The second kappa shape index (κ2) is 5.55. The zero-order chi connectivity index (χ0) is 12.1. The normalized spacial score (nSPS) is 10.5. The summed E-state index contributed by atoms with van der Waals surface area (Å²) in [5, 5.41) is 3.07. The van der Waals surface area contributed by atoms with Gasteiger partial charge in [-0.2, -0.15) is 0 Å². The van der Waals surface area contributed by atoms with Gasteiger partial charge in [-0.15, -0.1) is 0 Å². The standard InChI is InChI=1S/C14H18N2O/c1-15-10-13-8-9-14(17-13)11-16(2)12-6-4-3-5-7-12/h3-9,15H,10-11H2,1-2H3. The van der Waals surface area contributed by atoms with Crippen molar-refractivity contribution in [2.75, 3.05) is 19.0 Å². The Labute approximate surface area is 102 Å². The second-order valence-electron chi connectivity index (χ2n) is 4.09. The Morgan fingerprint density at radius 2 is 1.76 bits per heavy atom. The number of hydrogen-bond acceptors (Lipinski definition) is 3. The minimum atomic E-state index is 0.773. The maximum atomic E-state index is 5.71. The van der Waals surface area contributed by atoms with Gasteiger partial charge in [-0.05, 0) is 31.3 Å². The molecule has 0 aliphatic rings. The summed E-state index contributed by atoms with van der Waals surface area (Å²) in [4.78, 5) is 2.17. The molecule has 0 aliphatic carbocycles. The predicted molar refractivity (Wildman–Crippen MR) is 70.0 cm³/mol. The van der Waals surface area contributed by atoms with E-state index in [9.17, 15) is 0 Å². The monoisotopic (exact) mass is 230 g/mol. The molecule has 1 heterocycles. The highest BCUT2D eigenvalue weighted by atomic mass is 16.3. The van der Waals surface area contributed by atoms with E-state index in [1.54, 1.807) is 0 Å². The fourth-order valence-electron chi connectivity index (χ4n) is 1.78. The van der Waals surface area contributed by atoms with Gasteiger partial charge in [0, 0.05) is 12.7 Å². The molecule has 2 rings (SSSR count). The Morgan fingerprint density at radius 3 is 2.47 bits per heavy atom. The fraction of sp³-hybridized carbons (Fsp3) is 0.286. The number of furan rings is 1. The molecule has 2 aromatic rings. The van der Waals surface area contributed by atoms with E-state index in [0.29, 0.717) is 0 Å². The summed E-state index contributed by atoms with van der Waals surface area (Å²) in [6, 6.07) is 14.3. The number of nitrogens with one attached hydrogen (secondary N) is 1. The van der Waals surface area contributed by atoms with Crippen LogP contribution in [0.5, 0.6) is 0 Å². The quantitative estimate of drug-likeness (QED) is 0.856.